The Morgan fingerprint density at radius 1 is 1.35 bits per heavy atom. The van der Waals surface area contributed by atoms with E-state index in [9.17, 15) is 4.79 Å². The zero-order valence-corrected chi connectivity index (χ0v) is 10.4. The van der Waals surface area contributed by atoms with Crippen LogP contribution in [0, 0.1) is 0 Å². The van der Waals surface area contributed by atoms with E-state index in [0.29, 0.717) is 18.1 Å². The van der Waals surface area contributed by atoms with Crippen LogP contribution in [-0.4, -0.2) is 35.9 Å². The summed E-state index contributed by atoms with van der Waals surface area (Å²) in [5.41, 5.74) is 1.25. The third-order valence-corrected chi connectivity index (χ3v) is 2.69. The number of aromatic nitrogens is 6. The van der Waals surface area contributed by atoms with Crippen molar-refractivity contribution in [3.63, 3.8) is 0 Å². The molecule has 0 atom stereocenters. The number of carbonyl (C=O) groups excluding carboxylic acids is 1. The predicted octanol–water partition coefficient (Wildman–Crippen LogP) is 0.315. The van der Waals surface area contributed by atoms with Gasteiger partial charge in [0, 0.05) is 24.5 Å². The minimum atomic E-state index is -0.226. The Labute approximate surface area is 113 Å². The van der Waals surface area contributed by atoms with E-state index in [0.717, 1.165) is 5.56 Å². The fourth-order valence-electron chi connectivity index (χ4n) is 1.75. The molecule has 0 fully saturated rings. The molecule has 3 aromatic heterocycles. The van der Waals surface area contributed by atoms with Gasteiger partial charge in [0.2, 0.25) is 0 Å². The second-order valence-electron chi connectivity index (χ2n) is 3.98. The van der Waals surface area contributed by atoms with Crippen LogP contribution in [0.25, 0.3) is 5.82 Å². The molecule has 0 bridgehead atoms. The Balaban J connectivity index is 1.77. The third kappa shape index (κ3) is 2.39. The predicted molar refractivity (Wildman–Crippen MR) is 68.9 cm³/mol. The Kier molecular flexibility index (Phi) is 3.19. The molecule has 3 heterocycles. The first kappa shape index (κ1) is 12.0. The largest absolute Gasteiger partial charge is 0.347 e. The van der Waals surface area contributed by atoms with Gasteiger partial charge in [0.15, 0.2) is 5.82 Å². The molecule has 0 aliphatic carbocycles. The zero-order chi connectivity index (χ0) is 13.8. The van der Waals surface area contributed by atoms with Gasteiger partial charge in [-0.2, -0.15) is 10.2 Å². The van der Waals surface area contributed by atoms with Gasteiger partial charge in [-0.1, -0.05) is 6.07 Å². The lowest BCUT2D eigenvalue weighted by molar-refractivity contribution is 0.0946. The number of H-pyrrole nitrogens is 1. The van der Waals surface area contributed by atoms with Crippen LogP contribution in [0.15, 0.2) is 43.2 Å². The third-order valence-electron chi connectivity index (χ3n) is 2.69. The van der Waals surface area contributed by atoms with Gasteiger partial charge in [-0.15, -0.1) is 0 Å². The van der Waals surface area contributed by atoms with Gasteiger partial charge < -0.3 is 5.32 Å². The van der Waals surface area contributed by atoms with Crippen LogP contribution in [0.5, 0.6) is 0 Å². The number of nitrogens with one attached hydrogen (secondary N) is 2. The van der Waals surface area contributed by atoms with Crippen molar-refractivity contribution in [3.05, 3.63) is 54.5 Å². The topological polar surface area (TPSA) is 101 Å². The maximum atomic E-state index is 11.8. The lowest BCUT2D eigenvalue weighted by atomic mass is 10.2. The molecular formula is C12H11N7O. The van der Waals surface area contributed by atoms with Gasteiger partial charge in [-0.05, 0) is 12.1 Å². The van der Waals surface area contributed by atoms with Gasteiger partial charge in [0.25, 0.3) is 5.91 Å². The SMILES string of the molecule is O=C(NCc1cccnc1-n1cncn1)c1ccn[nH]1. The monoisotopic (exact) mass is 269 g/mol. The molecule has 1 amide bonds. The zero-order valence-electron chi connectivity index (χ0n) is 10.4. The molecule has 0 aliphatic heterocycles. The lowest BCUT2D eigenvalue weighted by Gasteiger charge is -2.08. The fourth-order valence-corrected chi connectivity index (χ4v) is 1.75. The number of carbonyl (C=O) groups is 1. The molecule has 3 rings (SSSR count). The Bertz CT molecular complexity index is 690. The minimum Gasteiger partial charge on any atom is -0.347 e. The number of nitrogens with zero attached hydrogens (tertiary/aromatic N) is 5. The highest BCUT2D eigenvalue weighted by molar-refractivity contribution is 5.92. The van der Waals surface area contributed by atoms with E-state index in [1.54, 1.807) is 29.3 Å². The highest BCUT2D eigenvalue weighted by atomic mass is 16.1. The molecule has 0 radical (unpaired) electrons. The average Bonchev–Trinajstić information content (AvgIpc) is 3.17. The first-order valence-corrected chi connectivity index (χ1v) is 5.91. The van der Waals surface area contributed by atoms with Crippen LogP contribution in [0.4, 0.5) is 0 Å². The smallest absolute Gasteiger partial charge is 0.269 e. The number of amides is 1. The highest BCUT2D eigenvalue weighted by Gasteiger charge is 2.10. The first-order chi connectivity index (χ1) is 9.84. The molecule has 100 valence electrons. The summed E-state index contributed by atoms with van der Waals surface area (Å²) in [6, 6.07) is 5.28. The van der Waals surface area contributed by atoms with Gasteiger partial charge in [0.1, 0.15) is 18.3 Å². The maximum Gasteiger partial charge on any atom is 0.269 e. The Hall–Kier alpha value is -3.03. The highest BCUT2D eigenvalue weighted by Crippen LogP contribution is 2.09. The van der Waals surface area contributed by atoms with Crippen molar-refractivity contribution in [2.75, 3.05) is 0 Å². The van der Waals surface area contributed by atoms with Crippen molar-refractivity contribution in [3.8, 4) is 5.82 Å². The molecule has 20 heavy (non-hydrogen) atoms. The normalized spacial score (nSPS) is 10.4. The Morgan fingerprint density at radius 2 is 2.30 bits per heavy atom. The van der Waals surface area contributed by atoms with Gasteiger partial charge in [-0.3, -0.25) is 9.89 Å². The number of hydrogen-bond acceptors (Lipinski definition) is 5. The van der Waals surface area contributed by atoms with Crippen molar-refractivity contribution >= 4 is 5.91 Å². The molecule has 0 aromatic carbocycles. The summed E-state index contributed by atoms with van der Waals surface area (Å²) >= 11 is 0. The summed E-state index contributed by atoms with van der Waals surface area (Å²) in [4.78, 5) is 20.0. The van der Waals surface area contributed by atoms with Crippen LogP contribution < -0.4 is 5.32 Å². The lowest BCUT2D eigenvalue weighted by Crippen LogP contribution is -2.24. The molecule has 0 spiro atoms. The summed E-state index contributed by atoms with van der Waals surface area (Å²) in [6.45, 7) is 0.334. The van der Waals surface area contributed by atoms with Crippen LogP contribution in [0.1, 0.15) is 16.1 Å². The van der Waals surface area contributed by atoms with E-state index in [4.69, 9.17) is 0 Å². The summed E-state index contributed by atoms with van der Waals surface area (Å²) in [7, 11) is 0. The van der Waals surface area contributed by atoms with Crippen LogP contribution in [0.2, 0.25) is 0 Å². The standard InChI is InChI=1S/C12H11N7O/c20-12(10-3-5-16-18-10)15-6-9-2-1-4-14-11(9)19-8-13-7-17-19/h1-5,7-8H,6H2,(H,15,20)(H,16,18). The fraction of sp³-hybridized carbons (Fsp3) is 0.0833. The quantitative estimate of drug-likeness (QED) is 0.710. The molecule has 3 aromatic rings. The van der Waals surface area contributed by atoms with Crippen molar-refractivity contribution in [1.29, 1.82) is 0 Å². The van der Waals surface area contributed by atoms with E-state index in [-0.39, 0.29) is 5.91 Å². The van der Waals surface area contributed by atoms with Crippen LogP contribution in [0.3, 0.4) is 0 Å². The Morgan fingerprint density at radius 3 is 3.05 bits per heavy atom. The van der Waals surface area contributed by atoms with Crippen molar-refractivity contribution in [1.82, 2.24) is 35.3 Å². The van der Waals surface area contributed by atoms with Crippen molar-refractivity contribution < 1.29 is 4.79 Å². The maximum absolute atomic E-state index is 11.8. The van der Waals surface area contributed by atoms with Crippen molar-refractivity contribution in [2.45, 2.75) is 6.54 Å². The molecular weight excluding hydrogens is 258 g/mol. The second-order valence-corrected chi connectivity index (χ2v) is 3.98. The van der Waals surface area contributed by atoms with E-state index >= 15 is 0 Å². The molecule has 8 nitrogen and oxygen atoms in total. The van der Waals surface area contributed by atoms with Crippen LogP contribution >= 0.6 is 0 Å². The van der Waals surface area contributed by atoms with E-state index in [1.807, 2.05) is 6.07 Å². The number of aromatic amines is 1. The molecule has 2 N–H and O–H groups in total. The van der Waals surface area contributed by atoms with Gasteiger partial charge in [0.05, 0.1) is 0 Å². The van der Waals surface area contributed by atoms with Crippen LogP contribution in [-0.2, 0) is 6.54 Å². The first-order valence-electron chi connectivity index (χ1n) is 5.91. The number of rotatable bonds is 4. The summed E-state index contributed by atoms with van der Waals surface area (Å²) in [5, 5.41) is 13.2. The molecule has 0 saturated carbocycles. The molecule has 0 saturated heterocycles. The summed E-state index contributed by atoms with van der Waals surface area (Å²) < 4.78 is 1.55. The molecule has 0 unspecified atom stereocenters. The number of hydrogen-bond donors (Lipinski definition) is 2. The number of pyridine rings is 1. The van der Waals surface area contributed by atoms with E-state index in [2.05, 4.69) is 30.6 Å². The van der Waals surface area contributed by atoms with Crippen molar-refractivity contribution in [2.24, 2.45) is 0 Å². The summed E-state index contributed by atoms with van der Waals surface area (Å²) in [6.07, 6.45) is 6.18. The van der Waals surface area contributed by atoms with Gasteiger partial charge >= 0.3 is 0 Å². The van der Waals surface area contributed by atoms with E-state index < -0.39 is 0 Å². The minimum absolute atomic E-state index is 0.226. The average molecular weight is 269 g/mol. The molecule has 0 aliphatic rings. The second kappa shape index (κ2) is 5.31. The summed E-state index contributed by atoms with van der Waals surface area (Å²) in [5.74, 6) is 0.408. The van der Waals surface area contributed by atoms with E-state index in [1.165, 1.54) is 12.5 Å². The van der Waals surface area contributed by atoms with Gasteiger partial charge in [-0.25, -0.2) is 14.6 Å². The molecule has 8 heteroatoms.